The molecule has 0 saturated heterocycles. The van der Waals surface area contributed by atoms with Crippen LogP contribution in [0.3, 0.4) is 0 Å². The van der Waals surface area contributed by atoms with Crippen molar-refractivity contribution < 1.29 is 17.9 Å². The molecule has 9 heteroatoms. The van der Waals surface area contributed by atoms with Crippen molar-refractivity contribution in [2.45, 2.75) is 45.3 Å². The first-order valence-corrected chi connectivity index (χ1v) is 12.3. The van der Waals surface area contributed by atoms with Gasteiger partial charge >= 0.3 is 5.69 Å². The van der Waals surface area contributed by atoms with E-state index in [4.69, 9.17) is 9.47 Å². The predicted octanol–water partition coefficient (Wildman–Crippen LogP) is 2.08. The summed E-state index contributed by atoms with van der Waals surface area (Å²) in [4.78, 5) is 24.8. The van der Waals surface area contributed by atoms with Gasteiger partial charge in [0.05, 0.1) is 18.1 Å². The monoisotopic (exact) mass is 450 g/mol. The van der Waals surface area contributed by atoms with Crippen LogP contribution >= 0.6 is 0 Å². The molecule has 1 aromatic heterocycles. The molecule has 3 rings (SSSR count). The smallest absolute Gasteiger partial charge is 0.330 e. The number of H-pyrrole nitrogens is 1. The minimum atomic E-state index is -3.31. The summed E-state index contributed by atoms with van der Waals surface area (Å²) in [5.74, 6) is 1.45. The molecule has 1 N–H and O–H groups in total. The molecule has 1 aliphatic carbocycles. The molecule has 0 aliphatic heterocycles. The Morgan fingerprint density at radius 1 is 1.19 bits per heavy atom. The Bertz CT molecular complexity index is 1100. The van der Waals surface area contributed by atoms with Crippen molar-refractivity contribution in [3.8, 4) is 5.75 Å². The number of rotatable bonds is 12. The van der Waals surface area contributed by atoms with Crippen LogP contribution in [0.15, 0.2) is 46.1 Å². The highest BCUT2D eigenvalue weighted by Crippen LogP contribution is 2.31. The molecule has 0 unspecified atom stereocenters. The standard InChI is InChI=1S/C22H30N2O6S/c1-22(2,18-5-3-6-19(13-18)30-14-17-7-8-17)15-31(27,28)12-4-11-29-16-24-10-9-20(25)23-21(24)26/h3,5-6,9-10,13,17H,4,7-8,11-12,14-16H2,1-2H3,(H,23,25,26). The van der Waals surface area contributed by atoms with Gasteiger partial charge in [-0.25, -0.2) is 13.2 Å². The van der Waals surface area contributed by atoms with Crippen molar-refractivity contribution in [3.05, 3.63) is 62.9 Å². The molecule has 1 aromatic carbocycles. The fourth-order valence-electron chi connectivity index (χ4n) is 3.30. The van der Waals surface area contributed by atoms with E-state index in [1.807, 2.05) is 38.1 Å². The molecule has 0 radical (unpaired) electrons. The number of sulfone groups is 1. The molecule has 1 saturated carbocycles. The van der Waals surface area contributed by atoms with Gasteiger partial charge in [0.2, 0.25) is 0 Å². The van der Waals surface area contributed by atoms with E-state index in [-0.39, 0.29) is 24.8 Å². The first kappa shape index (κ1) is 23.3. The van der Waals surface area contributed by atoms with Gasteiger partial charge in [0.25, 0.3) is 5.56 Å². The number of nitrogens with one attached hydrogen (secondary N) is 1. The van der Waals surface area contributed by atoms with Crippen LogP contribution in [0.25, 0.3) is 0 Å². The summed E-state index contributed by atoms with van der Waals surface area (Å²) >= 11 is 0. The second-order valence-electron chi connectivity index (χ2n) is 8.73. The van der Waals surface area contributed by atoms with Crippen molar-refractivity contribution in [1.29, 1.82) is 0 Å². The van der Waals surface area contributed by atoms with E-state index in [0.29, 0.717) is 18.9 Å². The molecule has 31 heavy (non-hydrogen) atoms. The Kier molecular flexibility index (Phi) is 7.38. The average molecular weight is 451 g/mol. The van der Waals surface area contributed by atoms with Crippen molar-refractivity contribution in [3.63, 3.8) is 0 Å². The fourth-order valence-corrected chi connectivity index (χ4v) is 5.27. The summed E-state index contributed by atoms with van der Waals surface area (Å²) < 4.78 is 37.8. The molecule has 1 aliphatic rings. The number of aromatic nitrogens is 2. The molecule has 1 heterocycles. The van der Waals surface area contributed by atoms with E-state index in [1.165, 1.54) is 29.7 Å². The van der Waals surface area contributed by atoms with Crippen LogP contribution in [0.5, 0.6) is 5.75 Å². The highest BCUT2D eigenvalue weighted by Gasteiger charge is 2.28. The van der Waals surface area contributed by atoms with Crippen LogP contribution < -0.4 is 16.0 Å². The number of aromatic amines is 1. The van der Waals surface area contributed by atoms with Gasteiger partial charge in [0.1, 0.15) is 12.5 Å². The highest BCUT2D eigenvalue weighted by atomic mass is 32.2. The van der Waals surface area contributed by atoms with E-state index in [1.54, 1.807) is 0 Å². The lowest BCUT2D eigenvalue weighted by Crippen LogP contribution is -2.30. The molecule has 170 valence electrons. The molecule has 2 aromatic rings. The lowest BCUT2D eigenvalue weighted by atomic mass is 9.87. The summed E-state index contributed by atoms with van der Waals surface area (Å²) in [5.41, 5.74) is -0.666. The van der Waals surface area contributed by atoms with Crippen molar-refractivity contribution >= 4 is 9.84 Å². The van der Waals surface area contributed by atoms with Crippen LogP contribution in [-0.4, -0.2) is 42.7 Å². The zero-order chi connectivity index (χ0) is 22.5. The van der Waals surface area contributed by atoms with E-state index in [2.05, 4.69) is 4.98 Å². The number of nitrogens with zero attached hydrogens (tertiary/aromatic N) is 1. The topological polar surface area (TPSA) is 107 Å². The van der Waals surface area contributed by atoms with Gasteiger partial charge in [-0.3, -0.25) is 14.3 Å². The SMILES string of the molecule is CC(C)(CS(=O)(=O)CCCOCn1ccc(=O)[nH]c1=O)c1cccc(OCC2CC2)c1. The Balaban J connectivity index is 1.47. The molecule has 0 amide bonds. The number of benzene rings is 1. The fraction of sp³-hybridized carbons (Fsp3) is 0.545. The van der Waals surface area contributed by atoms with Crippen molar-refractivity contribution in [1.82, 2.24) is 9.55 Å². The lowest BCUT2D eigenvalue weighted by Gasteiger charge is -2.25. The molecular weight excluding hydrogens is 420 g/mol. The zero-order valence-corrected chi connectivity index (χ0v) is 18.8. The maximum absolute atomic E-state index is 12.7. The third-order valence-corrected chi connectivity index (χ3v) is 7.32. The zero-order valence-electron chi connectivity index (χ0n) is 18.0. The summed E-state index contributed by atoms with van der Waals surface area (Å²) in [6.07, 6.45) is 4.09. The second kappa shape index (κ2) is 9.82. The number of hydrogen-bond donors (Lipinski definition) is 1. The number of hydrogen-bond acceptors (Lipinski definition) is 6. The first-order chi connectivity index (χ1) is 14.6. The molecule has 8 nitrogen and oxygen atoms in total. The minimum Gasteiger partial charge on any atom is -0.493 e. The van der Waals surface area contributed by atoms with Gasteiger partial charge in [-0.1, -0.05) is 26.0 Å². The predicted molar refractivity (Wildman–Crippen MR) is 118 cm³/mol. The van der Waals surface area contributed by atoms with Crippen molar-refractivity contribution in [2.24, 2.45) is 5.92 Å². The minimum absolute atomic E-state index is 0.00514. The molecular formula is C22H30N2O6S. The van der Waals surface area contributed by atoms with E-state index in [9.17, 15) is 18.0 Å². The van der Waals surface area contributed by atoms with E-state index >= 15 is 0 Å². The van der Waals surface area contributed by atoms with Gasteiger partial charge in [0.15, 0.2) is 9.84 Å². The van der Waals surface area contributed by atoms with Crippen LogP contribution in [0.1, 0.15) is 38.7 Å². The molecule has 0 spiro atoms. The third-order valence-electron chi connectivity index (χ3n) is 5.25. The van der Waals surface area contributed by atoms with Crippen LogP contribution in [0.2, 0.25) is 0 Å². The normalized spacial score (nSPS) is 14.5. The van der Waals surface area contributed by atoms with Gasteiger partial charge in [0, 0.05) is 24.3 Å². The summed E-state index contributed by atoms with van der Waals surface area (Å²) in [5, 5.41) is 0. The van der Waals surface area contributed by atoms with Gasteiger partial charge in [-0.05, 0) is 42.9 Å². The summed E-state index contributed by atoms with van der Waals surface area (Å²) in [6, 6.07) is 8.90. The average Bonchev–Trinajstić information content (AvgIpc) is 3.51. The lowest BCUT2D eigenvalue weighted by molar-refractivity contribution is 0.0745. The highest BCUT2D eigenvalue weighted by molar-refractivity contribution is 7.91. The van der Waals surface area contributed by atoms with E-state index < -0.39 is 26.5 Å². The first-order valence-electron chi connectivity index (χ1n) is 10.5. The summed E-state index contributed by atoms with van der Waals surface area (Å²) in [6.45, 7) is 4.70. The van der Waals surface area contributed by atoms with Crippen LogP contribution in [0, 0.1) is 5.92 Å². The Labute approximate surface area is 182 Å². The molecule has 1 fully saturated rings. The largest absolute Gasteiger partial charge is 0.493 e. The third kappa shape index (κ3) is 7.36. The maximum atomic E-state index is 12.7. The maximum Gasteiger partial charge on any atom is 0.330 e. The second-order valence-corrected chi connectivity index (χ2v) is 10.9. The molecule has 0 atom stereocenters. The van der Waals surface area contributed by atoms with Gasteiger partial charge in [-0.2, -0.15) is 0 Å². The van der Waals surface area contributed by atoms with Gasteiger partial charge < -0.3 is 9.47 Å². The van der Waals surface area contributed by atoms with Crippen LogP contribution in [0.4, 0.5) is 0 Å². The van der Waals surface area contributed by atoms with Crippen molar-refractivity contribution in [2.75, 3.05) is 24.7 Å². The van der Waals surface area contributed by atoms with E-state index in [0.717, 1.165) is 11.3 Å². The van der Waals surface area contributed by atoms with Gasteiger partial charge in [-0.15, -0.1) is 0 Å². The van der Waals surface area contributed by atoms with Crippen LogP contribution in [-0.2, 0) is 26.7 Å². The quantitative estimate of drug-likeness (QED) is 0.496. The Morgan fingerprint density at radius 3 is 2.68 bits per heavy atom. The number of ether oxygens (including phenoxy) is 2. The Morgan fingerprint density at radius 2 is 1.97 bits per heavy atom. The Hall–Kier alpha value is -2.39. The molecule has 0 bridgehead atoms. The summed E-state index contributed by atoms with van der Waals surface area (Å²) in [7, 11) is -3.31.